The molecule has 2 aromatic carbocycles. The monoisotopic (exact) mass is 265 g/mol. The Labute approximate surface area is 131 Å². The van der Waals surface area contributed by atoms with Crippen molar-refractivity contribution in [3.05, 3.63) is 42.5 Å². The predicted octanol–water partition coefficient (Wildman–Crippen LogP) is 2.67. The maximum atomic E-state index is 10.5. The van der Waals surface area contributed by atoms with E-state index in [-0.39, 0.29) is 36.2 Å². The van der Waals surface area contributed by atoms with Crippen LogP contribution in [0, 0.1) is 0 Å². The number of benzene rings is 2. The van der Waals surface area contributed by atoms with E-state index >= 15 is 0 Å². The summed E-state index contributed by atoms with van der Waals surface area (Å²) in [4.78, 5) is 10.5. The Morgan fingerprint density at radius 1 is 1.11 bits per heavy atom. The van der Waals surface area contributed by atoms with Gasteiger partial charge in [0.05, 0.1) is 0 Å². The summed E-state index contributed by atoms with van der Waals surface area (Å²) in [5.41, 5.74) is 1.57. The average Bonchev–Trinajstić information content (AvgIpc) is 2.74. The first-order valence-corrected chi connectivity index (χ1v) is 5.50. The van der Waals surface area contributed by atoms with Crippen molar-refractivity contribution in [2.24, 2.45) is 0 Å². The molecule has 0 atom stereocenters. The molecular formula is C14H10NaO4. The fourth-order valence-corrected chi connectivity index (χ4v) is 1.94. The van der Waals surface area contributed by atoms with Crippen LogP contribution < -0.4 is 4.74 Å². The summed E-state index contributed by atoms with van der Waals surface area (Å²) in [6.07, 6.45) is 0. The van der Waals surface area contributed by atoms with Gasteiger partial charge in [-0.15, -0.1) is 0 Å². The van der Waals surface area contributed by atoms with Crippen molar-refractivity contribution in [2.45, 2.75) is 0 Å². The first-order chi connectivity index (χ1) is 8.74. The molecule has 0 amide bonds. The standard InChI is InChI=1S/C14H10O4.Na/c15-14(16)8-17-9-5-6-13-11(7-9)10-3-1-2-4-12(10)18-13;/h1-7H,8H2,(H,15,16);. The molecule has 0 spiro atoms. The number of hydrogen-bond donors (Lipinski definition) is 1. The summed E-state index contributed by atoms with van der Waals surface area (Å²) in [6, 6.07) is 13.0. The van der Waals surface area contributed by atoms with Gasteiger partial charge in [-0.25, -0.2) is 4.79 Å². The van der Waals surface area contributed by atoms with Crippen LogP contribution in [-0.4, -0.2) is 47.2 Å². The van der Waals surface area contributed by atoms with Gasteiger partial charge in [0, 0.05) is 40.3 Å². The summed E-state index contributed by atoms with van der Waals surface area (Å²) < 4.78 is 10.8. The molecule has 1 radical (unpaired) electrons. The van der Waals surface area contributed by atoms with Crippen molar-refractivity contribution in [3.63, 3.8) is 0 Å². The minimum atomic E-state index is -0.993. The van der Waals surface area contributed by atoms with Crippen LogP contribution in [-0.2, 0) is 4.79 Å². The smallest absolute Gasteiger partial charge is 0.341 e. The molecule has 0 saturated carbocycles. The van der Waals surface area contributed by atoms with Crippen LogP contribution in [0.4, 0.5) is 0 Å². The van der Waals surface area contributed by atoms with Crippen molar-refractivity contribution < 1.29 is 19.1 Å². The van der Waals surface area contributed by atoms with E-state index in [1.54, 1.807) is 18.2 Å². The van der Waals surface area contributed by atoms with E-state index in [0.717, 1.165) is 21.9 Å². The van der Waals surface area contributed by atoms with Crippen LogP contribution in [0.1, 0.15) is 0 Å². The normalized spacial score (nSPS) is 10.3. The number of fused-ring (bicyclic) bond motifs is 3. The van der Waals surface area contributed by atoms with Gasteiger partial charge in [0.25, 0.3) is 0 Å². The Bertz CT molecular complexity index is 732. The van der Waals surface area contributed by atoms with Crippen molar-refractivity contribution in [3.8, 4) is 5.75 Å². The number of carboxylic acid groups (broad SMARTS) is 1. The van der Waals surface area contributed by atoms with Crippen molar-refractivity contribution in [2.75, 3.05) is 6.61 Å². The number of rotatable bonds is 3. The van der Waals surface area contributed by atoms with Crippen molar-refractivity contribution in [1.29, 1.82) is 0 Å². The molecular weight excluding hydrogens is 255 g/mol. The molecule has 4 nitrogen and oxygen atoms in total. The zero-order valence-electron chi connectivity index (χ0n) is 10.4. The molecule has 1 heterocycles. The van der Waals surface area contributed by atoms with Gasteiger partial charge in [-0.05, 0) is 24.3 Å². The van der Waals surface area contributed by atoms with Crippen LogP contribution in [0.25, 0.3) is 21.9 Å². The van der Waals surface area contributed by atoms with Gasteiger partial charge in [0.2, 0.25) is 0 Å². The molecule has 3 aromatic rings. The molecule has 91 valence electrons. The quantitative estimate of drug-likeness (QED) is 0.739. The second kappa shape index (κ2) is 5.65. The van der Waals surface area contributed by atoms with Crippen LogP contribution in [0.15, 0.2) is 46.9 Å². The second-order valence-electron chi connectivity index (χ2n) is 3.94. The van der Waals surface area contributed by atoms with Gasteiger partial charge in [0.15, 0.2) is 6.61 Å². The summed E-state index contributed by atoms with van der Waals surface area (Å²) in [6.45, 7) is -0.346. The number of aliphatic carboxylic acids is 1. The molecule has 1 N–H and O–H groups in total. The van der Waals surface area contributed by atoms with Gasteiger partial charge >= 0.3 is 5.97 Å². The van der Waals surface area contributed by atoms with Crippen LogP contribution >= 0.6 is 0 Å². The van der Waals surface area contributed by atoms with E-state index in [1.165, 1.54) is 0 Å². The number of carboxylic acids is 1. The Morgan fingerprint density at radius 2 is 1.84 bits per heavy atom. The van der Waals surface area contributed by atoms with Gasteiger partial charge in [0.1, 0.15) is 16.9 Å². The number of para-hydroxylation sites is 1. The van der Waals surface area contributed by atoms with Gasteiger partial charge in [-0.2, -0.15) is 0 Å². The molecule has 19 heavy (non-hydrogen) atoms. The third-order valence-corrected chi connectivity index (χ3v) is 2.71. The first-order valence-electron chi connectivity index (χ1n) is 5.50. The van der Waals surface area contributed by atoms with Crippen LogP contribution in [0.3, 0.4) is 0 Å². The van der Waals surface area contributed by atoms with Gasteiger partial charge in [-0.3, -0.25) is 0 Å². The Balaban J connectivity index is 0.00000133. The fourth-order valence-electron chi connectivity index (χ4n) is 1.94. The third-order valence-electron chi connectivity index (χ3n) is 2.71. The molecule has 1 aromatic heterocycles. The molecule has 3 rings (SSSR count). The number of ether oxygens (including phenoxy) is 1. The number of carbonyl (C=O) groups is 1. The summed E-state index contributed by atoms with van der Waals surface area (Å²) in [5.74, 6) is -0.469. The van der Waals surface area contributed by atoms with Crippen molar-refractivity contribution >= 4 is 57.5 Å². The summed E-state index contributed by atoms with van der Waals surface area (Å²) in [5, 5.41) is 10.5. The molecule has 5 heteroatoms. The van der Waals surface area contributed by atoms with Gasteiger partial charge < -0.3 is 14.3 Å². The zero-order valence-corrected chi connectivity index (χ0v) is 12.4. The Morgan fingerprint density at radius 3 is 2.63 bits per heavy atom. The van der Waals surface area contributed by atoms with Gasteiger partial charge in [-0.1, -0.05) is 18.2 Å². The summed E-state index contributed by atoms with van der Waals surface area (Å²) >= 11 is 0. The zero-order chi connectivity index (χ0) is 12.5. The SMILES string of the molecule is O=C(O)COc1ccc2oc3ccccc3c2c1.[Na]. The van der Waals surface area contributed by atoms with E-state index in [1.807, 2.05) is 24.3 Å². The summed E-state index contributed by atoms with van der Waals surface area (Å²) in [7, 11) is 0. The minimum Gasteiger partial charge on any atom is -0.482 e. The number of furan rings is 1. The largest absolute Gasteiger partial charge is 0.482 e. The minimum absolute atomic E-state index is 0. The van der Waals surface area contributed by atoms with E-state index in [4.69, 9.17) is 14.3 Å². The third kappa shape index (κ3) is 2.76. The topological polar surface area (TPSA) is 59.7 Å². The van der Waals surface area contributed by atoms with Crippen LogP contribution in [0.5, 0.6) is 5.75 Å². The number of hydrogen-bond acceptors (Lipinski definition) is 3. The molecule has 0 aliphatic carbocycles. The average molecular weight is 265 g/mol. The van der Waals surface area contributed by atoms with E-state index in [2.05, 4.69) is 0 Å². The molecule has 0 bridgehead atoms. The Hall–Kier alpha value is -1.49. The van der Waals surface area contributed by atoms with E-state index in [0.29, 0.717) is 5.75 Å². The predicted molar refractivity (Wildman–Crippen MR) is 72.6 cm³/mol. The fraction of sp³-hybridized carbons (Fsp3) is 0.0714. The molecule has 0 fully saturated rings. The molecule has 0 unspecified atom stereocenters. The molecule has 0 aliphatic heterocycles. The van der Waals surface area contributed by atoms with Crippen molar-refractivity contribution in [1.82, 2.24) is 0 Å². The first kappa shape index (κ1) is 13.9. The second-order valence-corrected chi connectivity index (χ2v) is 3.94. The maximum Gasteiger partial charge on any atom is 0.341 e. The molecule has 0 saturated heterocycles. The van der Waals surface area contributed by atoms with Crippen LogP contribution in [0.2, 0.25) is 0 Å². The Kier molecular flexibility index (Phi) is 4.14. The van der Waals surface area contributed by atoms with E-state index in [9.17, 15) is 4.79 Å². The molecule has 0 aliphatic rings. The maximum absolute atomic E-state index is 10.5. The van der Waals surface area contributed by atoms with E-state index < -0.39 is 5.97 Å².